The number of rotatable bonds is 4. The Morgan fingerprint density at radius 2 is 2.03 bits per heavy atom. The van der Waals surface area contributed by atoms with Gasteiger partial charge in [-0.3, -0.25) is 4.79 Å². The quantitative estimate of drug-likeness (QED) is 0.377. The van der Waals surface area contributed by atoms with Crippen molar-refractivity contribution >= 4 is 44.4 Å². The summed E-state index contributed by atoms with van der Waals surface area (Å²) in [4.78, 5) is 37.4. The predicted octanol–water partition coefficient (Wildman–Crippen LogP) is 4.19. The van der Waals surface area contributed by atoms with E-state index in [9.17, 15) is 18.0 Å². The maximum atomic E-state index is 13.5. The molecule has 5 heterocycles. The van der Waals surface area contributed by atoms with E-state index in [2.05, 4.69) is 29.8 Å². The van der Waals surface area contributed by atoms with Crippen LogP contribution in [-0.2, 0) is 17.5 Å². The van der Waals surface area contributed by atoms with E-state index in [1.807, 2.05) is 17.9 Å². The molecule has 37 heavy (non-hydrogen) atoms. The van der Waals surface area contributed by atoms with Gasteiger partial charge in [-0.05, 0) is 31.2 Å². The van der Waals surface area contributed by atoms with Gasteiger partial charge in [0.2, 0.25) is 5.91 Å². The third kappa shape index (κ3) is 4.18. The lowest BCUT2D eigenvalue weighted by atomic mass is 10.2. The lowest BCUT2D eigenvalue weighted by Gasteiger charge is -2.40. The number of thiazole rings is 1. The summed E-state index contributed by atoms with van der Waals surface area (Å²) in [6, 6.07) is 7.51. The van der Waals surface area contributed by atoms with Crippen molar-refractivity contribution in [2.24, 2.45) is 0 Å². The molecule has 0 aliphatic carbocycles. The van der Waals surface area contributed by atoms with Crippen LogP contribution in [-0.4, -0.2) is 66.0 Å². The van der Waals surface area contributed by atoms with E-state index in [1.165, 1.54) is 17.4 Å². The second-order valence-electron chi connectivity index (χ2n) is 8.89. The number of para-hydroxylation sites is 1. The SMILES string of the molecule is CC1CN(c2scnc2-c2nc3c(C(F)(F)F)cccc3[nH]2)CCN1C(=O)Cn1cnc2cccnc21. The number of fused-ring (bicyclic) bond motifs is 2. The van der Waals surface area contributed by atoms with Crippen molar-refractivity contribution in [3.8, 4) is 11.5 Å². The first kappa shape index (κ1) is 23.4. The molecule has 1 amide bonds. The number of anilines is 1. The van der Waals surface area contributed by atoms with E-state index in [0.29, 0.717) is 36.5 Å². The Morgan fingerprint density at radius 3 is 2.84 bits per heavy atom. The summed E-state index contributed by atoms with van der Waals surface area (Å²) in [6.07, 6.45) is -1.21. The van der Waals surface area contributed by atoms with Gasteiger partial charge in [-0.1, -0.05) is 6.07 Å². The summed E-state index contributed by atoms with van der Waals surface area (Å²) in [6.45, 7) is 3.73. The number of carbonyl (C=O) groups excluding carboxylic acids is 1. The van der Waals surface area contributed by atoms with Gasteiger partial charge >= 0.3 is 6.18 Å². The van der Waals surface area contributed by atoms with Crippen molar-refractivity contribution in [2.75, 3.05) is 24.5 Å². The molecule has 1 atom stereocenters. The number of piperazine rings is 1. The smallest absolute Gasteiger partial charge is 0.358 e. The van der Waals surface area contributed by atoms with Crippen LogP contribution in [0.3, 0.4) is 0 Å². The Labute approximate surface area is 212 Å². The fourth-order valence-electron chi connectivity index (χ4n) is 4.76. The molecule has 0 spiro atoms. The molecule has 190 valence electrons. The number of carbonyl (C=O) groups is 1. The maximum Gasteiger partial charge on any atom is 0.418 e. The molecule has 6 rings (SSSR count). The van der Waals surface area contributed by atoms with E-state index >= 15 is 0 Å². The number of alkyl halides is 3. The monoisotopic (exact) mass is 526 g/mol. The van der Waals surface area contributed by atoms with E-state index in [1.54, 1.807) is 34.7 Å². The van der Waals surface area contributed by atoms with E-state index < -0.39 is 11.7 Å². The van der Waals surface area contributed by atoms with Crippen LogP contribution in [0.5, 0.6) is 0 Å². The molecule has 0 bridgehead atoms. The summed E-state index contributed by atoms with van der Waals surface area (Å²) >= 11 is 1.40. The lowest BCUT2D eigenvalue weighted by Crippen LogP contribution is -2.54. The van der Waals surface area contributed by atoms with Gasteiger partial charge in [0.15, 0.2) is 11.5 Å². The van der Waals surface area contributed by atoms with Gasteiger partial charge in [0.1, 0.15) is 28.3 Å². The largest absolute Gasteiger partial charge is 0.418 e. The fraction of sp³-hybridized carbons (Fsp3) is 0.292. The average Bonchev–Trinajstić information content (AvgIpc) is 3.61. The average molecular weight is 527 g/mol. The van der Waals surface area contributed by atoms with Crippen molar-refractivity contribution in [3.63, 3.8) is 0 Å². The van der Waals surface area contributed by atoms with E-state index in [0.717, 1.165) is 16.6 Å². The third-order valence-electron chi connectivity index (χ3n) is 6.51. The van der Waals surface area contributed by atoms with Crippen LogP contribution in [0.25, 0.3) is 33.7 Å². The van der Waals surface area contributed by atoms with Crippen molar-refractivity contribution in [2.45, 2.75) is 25.7 Å². The Hall–Kier alpha value is -4.00. The molecule has 0 saturated carbocycles. The highest BCUT2D eigenvalue weighted by atomic mass is 32.1. The topological polar surface area (TPSA) is 95.8 Å². The molecule has 1 aromatic carbocycles. The minimum atomic E-state index is -4.51. The number of aromatic nitrogens is 6. The van der Waals surface area contributed by atoms with Crippen LogP contribution in [0.2, 0.25) is 0 Å². The highest BCUT2D eigenvalue weighted by molar-refractivity contribution is 7.14. The number of aromatic amines is 1. The number of nitrogens with zero attached hydrogens (tertiary/aromatic N) is 7. The molecule has 1 aliphatic heterocycles. The van der Waals surface area contributed by atoms with Gasteiger partial charge in [0.05, 0.1) is 22.9 Å². The summed E-state index contributed by atoms with van der Waals surface area (Å²) in [5.41, 5.74) is 2.93. The van der Waals surface area contributed by atoms with Crippen molar-refractivity contribution in [3.05, 3.63) is 53.9 Å². The van der Waals surface area contributed by atoms with Crippen LogP contribution in [0, 0.1) is 0 Å². The van der Waals surface area contributed by atoms with Crippen molar-refractivity contribution < 1.29 is 18.0 Å². The van der Waals surface area contributed by atoms with Gasteiger partial charge < -0.3 is 19.4 Å². The lowest BCUT2D eigenvalue weighted by molar-refractivity contribution is -0.136. The Balaban J connectivity index is 1.21. The molecular formula is C24H21F3N8OS. The molecule has 9 nitrogen and oxygen atoms in total. The molecule has 1 fully saturated rings. The predicted molar refractivity (Wildman–Crippen MR) is 133 cm³/mol. The first-order valence-electron chi connectivity index (χ1n) is 11.6. The number of halogens is 3. The second kappa shape index (κ2) is 8.83. The number of H-pyrrole nitrogens is 1. The van der Waals surface area contributed by atoms with Gasteiger partial charge in [-0.25, -0.2) is 19.9 Å². The standard InChI is InChI=1S/C24H21F3N8OS/c1-14-10-33(8-9-35(14)18(36)11-34-12-29-17-6-3-7-28-22(17)34)23-20(30-13-37-23)21-31-16-5-2-4-15(19(16)32-21)24(25,26)27/h2-7,12-14H,8-11H2,1H3,(H,31,32). The van der Waals surface area contributed by atoms with Crippen LogP contribution >= 0.6 is 11.3 Å². The summed E-state index contributed by atoms with van der Waals surface area (Å²) in [5.74, 6) is 0.257. The second-order valence-corrected chi connectivity index (χ2v) is 9.73. The Bertz CT molecular complexity index is 1610. The van der Waals surface area contributed by atoms with Gasteiger partial charge in [0.25, 0.3) is 0 Å². The number of pyridine rings is 1. The van der Waals surface area contributed by atoms with E-state index in [-0.39, 0.29) is 29.8 Å². The van der Waals surface area contributed by atoms with Crippen molar-refractivity contribution in [1.29, 1.82) is 0 Å². The van der Waals surface area contributed by atoms with E-state index in [4.69, 9.17) is 0 Å². The Morgan fingerprint density at radius 1 is 1.16 bits per heavy atom. The molecule has 5 aromatic rings. The summed E-state index contributed by atoms with van der Waals surface area (Å²) in [7, 11) is 0. The molecule has 4 aromatic heterocycles. The number of benzene rings is 1. The first-order chi connectivity index (χ1) is 17.8. The number of imidazole rings is 2. The van der Waals surface area contributed by atoms with Gasteiger partial charge in [-0.2, -0.15) is 13.2 Å². The highest BCUT2D eigenvalue weighted by Gasteiger charge is 2.34. The fourth-order valence-corrected chi connectivity index (χ4v) is 5.60. The van der Waals surface area contributed by atoms with Gasteiger partial charge in [0, 0.05) is 31.9 Å². The molecule has 1 saturated heterocycles. The number of hydrogen-bond acceptors (Lipinski definition) is 7. The zero-order valence-corrected chi connectivity index (χ0v) is 20.4. The molecule has 13 heteroatoms. The number of amides is 1. The van der Waals surface area contributed by atoms with Crippen LogP contribution in [0.1, 0.15) is 12.5 Å². The Kier molecular flexibility index (Phi) is 5.59. The normalized spacial score (nSPS) is 16.7. The zero-order valence-electron chi connectivity index (χ0n) is 19.6. The number of hydrogen-bond donors (Lipinski definition) is 1. The minimum absolute atomic E-state index is 0.0291. The highest BCUT2D eigenvalue weighted by Crippen LogP contribution is 2.38. The minimum Gasteiger partial charge on any atom is -0.358 e. The van der Waals surface area contributed by atoms with Crippen LogP contribution in [0.4, 0.5) is 18.2 Å². The summed E-state index contributed by atoms with van der Waals surface area (Å²) < 4.78 is 42.1. The molecule has 1 N–H and O–H groups in total. The third-order valence-corrected chi connectivity index (χ3v) is 7.39. The van der Waals surface area contributed by atoms with Crippen LogP contribution in [0.15, 0.2) is 48.4 Å². The molecule has 1 unspecified atom stereocenters. The van der Waals surface area contributed by atoms with Crippen LogP contribution < -0.4 is 4.90 Å². The van der Waals surface area contributed by atoms with Gasteiger partial charge in [-0.15, -0.1) is 11.3 Å². The first-order valence-corrected chi connectivity index (χ1v) is 12.5. The summed E-state index contributed by atoms with van der Waals surface area (Å²) in [5, 5.41) is 0.802. The number of nitrogens with one attached hydrogen (secondary N) is 1. The molecule has 0 radical (unpaired) electrons. The maximum absolute atomic E-state index is 13.5. The molecule has 1 aliphatic rings. The zero-order chi connectivity index (χ0) is 25.7. The molecular weight excluding hydrogens is 505 g/mol. The van der Waals surface area contributed by atoms with Crippen molar-refractivity contribution in [1.82, 2.24) is 34.4 Å².